The second-order valence-corrected chi connectivity index (χ2v) is 11.7. The van der Waals surface area contributed by atoms with Crippen molar-refractivity contribution >= 4 is 65.3 Å². The van der Waals surface area contributed by atoms with Crippen molar-refractivity contribution in [3.8, 4) is 27.9 Å². The fourth-order valence-corrected chi connectivity index (χ4v) is 7.48. The maximum absolute atomic E-state index is 6.70. The van der Waals surface area contributed by atoms with Gasteiger partial charge in [-0.2, -0.15) is 0 Å². The fraction of sp³-hybridized carbons (Fsp3) is 0. The van der Waals surface area contributed by atoms with Crippen LogP contribution >= 0.6 is 0 Å². The molecule has 8 aromatic carbocycles. The molecule has 0 saturated carbocycles. The normalized spacial score (nSPS) is 12.1. The van der Waals surface area contributed by atoms with E-state index in [9.17, 15) is 0 Å². The van der Waals surface area contributed by atoms with Gasteiger partial charge in [0.25, 0.3) is 0 Å². The topological polar surface area (TPSA) is 18.1 Å². The molecule has 2 heteroatoms. The Labute approximate surface area is 253 Å². The lowest BCUT2D eigenvalue weighted by atomic mass is 9.87. The van der Waals surface area contributed by atoms with E-state index in [0.717, 1.165) is 38.7 Å². The first-order valence-corrected chi connectivity index (χ1v) is 15.1. The molecule has 0 spiro atoms. The Balaban J connectivity index is 1.33. The number of hydrogen-bond donors (Lipinski definition) is 0. The molecule has 10 rings (SSSR count). The summed E-state index contributed by atoms with van der Waals surface area (Å²) in [5.74, 6) is 0. The van der Waals surface area contributed by atoms with Gasteiger partial charge in [-0.1, -0.05) is 121 Å². The van der Waals surface area contributed by atoms with Gasteiger partial charge < -0.3 is 8.98 Å². The van der Waals surface area contributed by atoms with Crippen LogP contribution in [-0.4, -0.2) is 4.57 Å². The van der Waals surface area contributed by atoms with Crippen molar-refractivity contribution in [2.45, 2.75) is 0 Å². The van der Waals surface area contributed by atoms with Crippen LogP contribution in [0.5, 0.6) is 0 Å². The lowest BCUT2D eigenvalue weighted by Crippen LogP contribution is -1.93. The second-order valence-electron chi connectivity index (χ2n) is 11.7. The first-order valence-electron chi connectivity index (χ1n) is 15.1. The summed E-state index contributed by atoms with van der Waals surface area (Å²) >= 11 is 0. The molecule has 0 N–H and O–H groups in total. The van der Waals surface area contributed by atoms with Gasteiger partial charge in [0.2, 0.25) is 0 Å². The van der Waals surface area contributed by atoms with Gasteiger partial charge in [0.1, 0.15) is 11.1 Å². The van der Waals surface area contributed by atoms with Gasteiger partial charge in [0, 0.05) is 11.1 Å². The summed E-state index contributed by atoms with van der Waals surface area (Å²) in [4.78, 5) is 0. The fourth-order valence-electron chi connectivity index (χ4n) is 7.48. The smallest absolute Gasteiger partial charge is 0.162 e. The van der Waals surface area contributed by atoms with E-state index in [1.807, 2.05) is 6.07 Å². The number of aromatic nitrogens is 1. The van der Waals surface area contributed by atoms with Crippen molar-refractivity contribution < 1.29 is 4.42 Å². The molecule has 2 aromatic heterocycles. The highest BCUT2D eigenvalue weighted by Gasteiger charge is 2.23. The molecule has 0 amide bonds. The van der Waals surface area contributed by atoms with E-state index >= 15 is 0 Å². The van der Waals surface area contributed by atoms with Gasteiger partial charge in [-0.25, -0.2) is 0 Å². The van der Waals surface area contributed by atoms with Crippen LogP contribution in [0.25, 0.3) is 93.2 Å². The molecule has 2 nitrogen and oxygen atoms in total. The molecule has 0 unspecified atom stereocenters. The monoisotopic (exact) mass is 559 g/mol. The van der Waals surface area contributed by atoms with Crippen molar-refractivity contribution in [3.05, 3.63) is 152 Å². The lowest BCUT2D eigenvalue weighted by molar-refractivity contribution is 0.673. The van der Waals surface area contributed by atoms with Gasteiger partial charge in [0.15, 0.2) is 5.58 Å². The number of hydrogen-bond acceptors (Lipinski definition) is 1. The Bertz CT molecular complexity index is 2690. The average Bonchev–Trinajstić information content (AvgIpc) is 3.62. The van der Waals surface area contributed by atoms with E-state index < -0.39 is 0 Å². The second kappa shape index (κ2) is 8.82. The third-order valence-corrected chi connectivity index (χ3v) is 9.36. The predicted molar refractivity (Wildman–Crippen MR) is 185 cm³/mol. The van der Waals surface area contributed by atoms with Crippen LogP contribution in [0.2, 0.25) is 0 Å². The van der Waals surface area contributed by atoms with Crippen LogP contribution < -0.4 is 0 Å². The molecule has 0 atom stereocenters. The summed E-state index contributed by atoms with van der Waals surface area (Å²) in [7, 11) is 0. The Hall–Kier alpha value is -5.86. The number of furan rings is 1. The van der Waals surface area contributed by atoms with E-state index in [-0.39, 0.29) is 0 Å². The summed E-state index contributed by atoms with van der Waals surface area (Å²) in [6.45, 7) is 0. The first-order chi connectivity index (χ1) is 21.8. The minimum Gasteiger partial charge on any atom is -0.454 e. The van der Waals surface area contributed by atoms with E-state index in [4.69, 9.17) is 4.42 Å². The van der Waals surface area contributed by atoms with Crippen molar-refractivity contribution in [1.29, 1.82) is 0 Å². The predicted octanol–water partition coefficient (Wildman–Crippen LogP) is 11.8. The number of nitrogens with zero attached hydrogens (tertiary/aromatic N) is 1. The quantitative estimate of drug-likeness (QED) is 0.197. The van der Waals surface area contributed by atoms with Gasteiger partial charge in [-0.15, -0.1) is 0 Å². The zero-order valence-electron chi connectivity index (χ0n) is 23.8. The molecule has 0 aliphatic rings. The van der Waals surface area contributed by atoms with Crippen LogP contribution in [0.1, 0.15) is 0 Å². The van der Waals surface area contributed by atoms with E-state index in [2.05, 4.69) is 150 Å². The Kier molecular flexibility index (Phi) is 4.75. The standard InChI is InChI=1S/C42H25NO/c1-3-10-26(11-4-1)30-22-18-27-21-25-34-31(23-19-28-20-24-33(30)38(27)39(28)34)32-15-9-16-36-40(32)42-41(35-14-7-8-17-37(35)44-42)43(36)29-12-5-2-6-13-29/h1-25H. The van der Waals surface area contributed by atoms with E-state index in [1.54, 1.807) is 0 Å². The molecule has 0 radical (unpaired) electrons. The molecule has 0 aliphatic carbocycles. The molecule has 0 fully saturated rings. The third-order valence-electron chi connectivity index (χ3n) is 9.36. The number of rotatable bonds is 3. The molecule has 0 saturated heterocycles. The summed E-state index contributed by atoms with van der Waals surface area (Å²) in [6.07, 6.45) is 0. The highest BCUT2D eigenvalue weighted by atomic mass is 16.3. The maximum Gasteiger partial charge on any atom is 0.162 e. The van der Waals surface area contributed by atoms with Crippen molar-refractivity contribution in [2.24, 2.45) is 0 Å². The average molecular weight is 560 g/mol. The zero-order valence-corrected chi connectivity index (χ0v) is 23.8. The molecule has 2 heterocycles. The SMILES string of the molecule is c1ccc(-c2ccc3ccc4c(-c5cccc6c5c5oc7ccccc7c5n6-c5ccccc5)ccc5ccc2c3c54)cc1. The van der Waals surface area contributed by atoms with Crippen LogP contribution in [0.3, 0.4) is 0 Å². The molecular formula is C42H25NO. The highest BCUT2D eigenvalue weighted by molar-refractivity contribution is 6.29. The largest absolute Gasteiger partial charge is 0.454 e. The van der Waals surface area contributed by atoms with Crippen LogP contribution in [-0.2, 0) is 0 Å². The van der Waals surface area contributed by atoms with Crippen molar-refractivity contribution in [3.63, 3.8) is 0 Å². The molecule has 204 valence electrons. The number of para-hydroxylation sites is 2. The van der Waals surface area contributed by atoms with Crippen molar-refractivity contribution in [1.82, 2.24) is 4.57 Å². The Morgan fingerprint density at radius 2 is 1.05 bits per heavy atom. The van der Waals surface area contributed by atoms with Crippen LogP contribution in [0.4, 0.5) is 0 Å². The van der Waals surface area contributed by atoms with Crippen molar-refractivity contribution in [2.75, 3.05) is 0 Å². The summed E-state index contributed by atoms with van der Waals surface area (Å²) in [6, 6.07) is 54.7. The van der Waals surface area contributed by atoms with E-state index in [1.165, 1.54) is 54.6 Å². The minimum atomic E-state index is 0.905. The maximum atomic E-state index is 6.70. The Morgan fingerprint density at radius 3 is 1.82 bits per heavy atom. The number of benzene rings is 8. The molecule has 10 aromatic rings. The molecule has 0 aliphatic heterocycles. The Morgan fingerprint density at radius 1 is 0.409 bits per heavy atom. The highest BCUT2D eigenvalue weighted by Crippen LogP contribution is 2.46. The lowest BCUT2D eigenvalue weighted by Gasteiger charge is -2.17. The van der Waals surface area contributed by atoms with Crippen LogP contribution in [0.15, 0.2) is 156 Å². The van der Waals surface area contributed by atoms with Gasteiger partial charge in [-0.3, -0.25) is 0 Å². The molecule has 44 heavy (non-hydrogen) atoms. The first kappa shape index (κ1) is 23.7. The molecule has 0 bridgehead atoms. The minimum absolute atomic E-state index is 0.905. The summed E-state index contributed by atoms with van der Waals surface area (Å²) in [5.41, 5.74) is 10.1. The van der Waals surface area contributed by atoms with Gasteiger partial charge in [0.05, 0.1) is 10.9 Å². The zero-order chi connectivity index (χ0) is 28.8. The van der Waals surface area contributed by atoms with Crippen LogP contribution in [0, 0.1) is 0 Å². The summed E-state index contributed by atoms with van der Waals surface area (Å²) in [5, 5.41) is 9.98. The third kappa shape index (κ3) is 3.14. The van der Waals surface area contributed by atoms with E-state index in [0.29, 0.717) is 0 Å². The van der Waals surface area contributed by atoms with Gasteiger partial charge >= 0.3 is 0 Å². The number of fused-ring (bicyclic) bond motifs is 5. The molecular weight excluding hydrogens is 534 g/mol. The summed E-state index contributed by atoms with van der Waals surface area (Å²) < 4.78 is 9.06. The van der Waals surface area contributed by atoms with Gasteiger partial charge in [-0.05, 0) is 84.9 Å².